The Morgan fingerprint density at radius 2 is 0.841 bits per heavy atom. The molecule has 0 fully saturated rings. The molecule has 7 aromatic carbocycles. The van der Waals surface area contributed by atoms with Crippen LogP contribution < -0.4 is 27.3 Å². The van der Waals surface area contributed by atoms with Gasteiger partial charge in [-0.25, -0.2) is 0 Å². The molecule has 0 amide bonds. The van der Waals surface area contributed by atoms with E-state index in [4.69, 9.17) is 4.42 Å². The van der Waals surface area contributed by atoms with E-state index >= 15 is 0 Å². The monoisotopic (exact) mass is 556 g/mol. The second-order valence-electron chi connectivity index (χ2n) is 12.2. The summed E-state index contributed by atoms with van der Waals surface area (Å²) in [6.45, 7) is 0. The Hall–Kier alpha value is -4.82. The molecular formula is C38H29B5O. The third-order valence-corrected chi connectivity index (χ3v) is 10.1. The van der Waals surface area contributed by atoms with Crippen molar-refractivity contribution in [3.05, 3.63) is 115 Å². The number of hydrogen-bond donors (Lipinski definition) is 0. The molecule has 0 N–H and O–H groups in total. The minimum absolute atomic E-state index is 0.918. The van der Waals surface area contributed by atoms with Crippen LogP contribution in [0.5, 0.6) is 0 Å². The van der Waals surface area contributed by atoms with Crippen molar-refractivity contribution >= 4 is 110 Å². The van der Waals surface area contributed by atoms with Crippen LogP contribution >= 0.6 is 0 Å². The first-order chi connectivity index (χ1) is 21.5. The summed E-state index contributed by atoms with van der Waals surface area (Å²) in [4.78, 5) is 0. The highest BCUT2D eigenvalue weighted by molar-refractivity contribution is 6.68. The normalized spacial score (nSPS) is 11.6. The molecular weight excluding hydrogens is 526 g/mol. The van der Waals surface area contributed by atoms with Gasteiger partial charge >= 0.3 is 0 Å². The van der Waals surface area contributed by atoms with Crippen molar-refractivity contribution in [1.29, 1.82) is 0 Å². The van der Waals surface area contributed by atoms with Crippen molar-refractivity contribution in [3.63, 3.8) is 0 Å². The van der Waals surface area contributed by atoms with Crippen molar-refractivity contribution in [3.8, 4) is 33.4 Å². The largest absolute Gasteiger partial charge is 0.455 e. The second-order valence-corrected chi connectivity index (χ2v) is 12.2. The van der Waals surface area contributed by atoms with Crippen LogP contribution in [-0.4, -0.2) is 39.2 Å². The maximum atomic E-state index is 6.84. The first kappa shape index (κ1) is 26.8. The van der Waals surface area contributed by atoms with Crippen molar-refractivity contribution < 1.29 is 4.42 Å². The lowest BCUT2D eigenvalue weighted by Gasteiger charge is -2.20. The molecule has 0 saturated carbocycles. The molecule has 6 heteroatoms. The fraction of sp³-hybridized carbons (Fsp3) is 0. The zero-order valence-electron chi connectivity index (χ0n) is 25.9. The summed E-state index contributed by atoms with van der Waals surface area (Å²) in [5.41, 5.74) is 16.0. The number of furan rings is 1. The van der Waals surface area contributed by atoms with Crippen LogP contribution in [-0.2, 0) is 0 Å². The minimum Gasteiger partial charge on any atom is -0.455 e. The second kappa shape index (κ2) is 10.1. The molecule has 8 aromatic rings. The van der Waals surface area contributed by atoms with Gasteiger partial charge in [-0.3, -0.25) is 0 Å². The molecule has 1 aromatic heterocycles. The van der Waals surface area contributed by atoms with Gasteiger partial charge in [-0.2, -0.15) is 0 Å². The van der Waals surface area contributed by atoms with E-state index in [9.17, 15) is 0 Å². The maximum Gasteiger partial charge on any atom is 0.143 e. The van der Waals surface area contributed by atoms with Gasteiger partial charge in [0.2, 0.25) is 0 Å². The van der Waals surface area contributed by atoms with Gasteiger partial charge in [0.1, 0.15) is 50.4 Å². The summed E-state index contributed by atoms with van der Waals surface area (Å²) in [5.74, 6) is 0. The summed E-state index contributed by atoms with van der Waals surface area (Å²) >= 11 is 0. The zero-order valence-corrected chi connectivity index (χ0v) is 25.9. The summed E-state index contributed by atoms with van der Waals surface area (Å²) in [5, 5.41) is 7.34. The molecule has 0 spiro atoms. The molecule has 0 saturated heterocycles. The summed E-state index contributed by atoms with van der Waals surface area (Å²) in [6.07, 6.45) is 0. The molecule has 8 rings (SSSR count). The molecule has 0 aliphatic carbocycles. The van der Waals surface area contributed by atoms with Crippen LogP contribution in [0.25, 0.3) is 76.9 Å². The van der Waals surface area contributed by atoms with E-state index in [0.717, 1.165) is 16.6 Å². The Kier molecular flexibility index (Phi) is 6.17. The van der Waals surface area contributed by atoms with E-state index < -0.39 is 0 Å². The van der Waals surface area contributed by atoms with E-state index in [0.29, 0.717) is 0 Å². The van der Waals surface area contributed by atoms with Gasteiger partial charge < -0.3 is 4.42 Å². The third-order valence-electron chi connectivity index (χ3n) is 10.1. The first-order valence-electron chi connectivity index (χ1n) is 15.5. The maximum absolute atomic E-state index is 6.84. The number of rotatable bonds is 3. The topological polar surface area (TPSA) is 13.1 Å². The highest BCUT2D eigenvalue weighted by Crippen LogP contribution is 2.47. The van der Waals surface area contributed by atoms with Gasteiger partial charge in [0.05, 0.1) is 0 Å². The van der Waals surface area contributed by atoms with Crippen LogP contribution in [0.4, 0.5) is 0 Å². The van der Waals surface area contributed by atoms with Gasteiger partial charge in [-0.05, 0) is 55.4 Å². The van der Waals surface area contributed by atoms with Crippen LogP contribution in [0, 0.1) is 0 Å². The van der Waals surface area contributed by atoms with Gasteiger partial charge in [-0.1, -0.05) is 120 Å². The van der Waals surface area contributed by atoms with Crippen molar-refractivity contribution in [2.24, 2.45) is 0 Å². The number of fused-ring (bicyclic) bond motifs is 5. The summed E-state index contributed by atoms with van der Waals surface area (Å²) in [7, 11) is 11.2. The van der Waals surface area contributed by atoms with E-state index in [1.165, 1.54) is 87.6 Å². The average Bonchev–Trinajstić information content (AvgIpc) is 3.46. The fourth-order valence-corrected chi connectivity index (χ4v) is 7.49. The van der Waals surface area contributed by atoms with Crippen LogP contribution in [0.2, 0.25) is 0 Å². The van der Waals surface area contributed by atoms with Crippen LogP contribution in [0.3, 0.4) is 0 Å². The smallest absolute Gasteiger partial charge is 0.143 e. The molecule has 0 bridgehead atoms. The first-order valence-corrected chi connectivity index (χ1v) is 15.5. The lowest BCUT2D eigenvalue weighted by atomic mass is 9.59. The summed E-state index contributed by atoms with van der Waals surface area (Å²) < 4.78 is 6.84. The number of benzene rings is 7. The lowest BCUT2D eigenvalue weighted by Crippen LogP contribution is -2.55. The molecule has 0 atom stereocenters. The number of para-hydroxylation sites is 1. The Labute approximate surface area is 262 Å². The van der Waals surface area contributed by atoms with Crippen molar-refractivity contribution in [1.82, 2.24) is 0 Å². The molecule has 1 heterocycles. The third kappa shape index (κ3) is 3.80. The standard InChI is InChI=1S/C38H29B5O/c39-33-32(34(40)36(42)37(43)35(33)41)27-18-8-17-26-31-25(16-9-19-28(31)44-38(26)27)30-23-14-6-4-12-21(23)29(20-10-2-1-3-11-20)22-13-5-7-15-24(22)30/h1-19H,39-43H2. The fourth-order valence-electron chi connectivity index (χ4n) is 7.49. The minimum atomic E-state index is 0.918. The van der Waals surface area contributed by atoms with Crippen molar-refractivity contribution in [2.45, 2.75) is 0 Å². The quantitative estimate of drug-likeness (QED) is 0.241. The van der Waals surface area contributed by atoms with Gasteiger partial charge in [0.15, 0.2) is 0 Å². The summed E-state index contributed by atoms with van der Waals surface area (Å²) in [6, 6.07) is 41.7. The molecule has 0 unspecified atom stereocenters. The SMILES string of the molecule is Bc1c(B)c(B)c(-c2cccc3c2oc2cccc(-c4c5ccccc5c(-c5ccccc5)c5ccccc45)c23)c(B)c1B. The van der Waals surface area contributed by atoms with Crippen molar-refractivity contribution in [2.75, 3.05) is 0 Å². The van der Waals surface area contributed by atoms with E-state index in [-0.39, 0.29) is 0 Å². The molecule has 0 aliphatic heterocycles. The molecule has 44 heavy (non-hydrogen) atoms. The zero-order chi connectivity index (χ0) is 30.1. The molecule has 202 valence electrons. The highest BCUT2D eigenvalue weighted by atomic mass is 16.3. The molecule has 0 radical (unpaired) electrons. The van der Waals surface area contributed by atoms with Gasteiger partial charge in [0.25, 0.3) is 0 Å². The predicted octanol–water partition coefficient (Wildman–Crippen LogP) is 2.19. The Morgan fingerprint density at radius 3 is 1.45 bits per heavy atom. The Balaban J connectivity index is 1.50. The Bertz CT molecular complexity index is 2360. The van der Waals surface area contributed by atoms with E-state index in [1.807, 2.05) is 0 Å². The number of hydrogen-bond acceptors (Lipinski definition) is 1. The van der Waals surface area contributed by atoms with Crippen LogP contribution in [0.1, 0.15) is 0 Å². The van der Waals surface area contributed by atoms with Crippen LogP contribution in [0.15, 0.2) is 120 Å². The average molecular weight is 556 g/mol. The Morgan fingerprint density at radius 1 is 0.364 bits per heavy atom. The highest BCUT2D eigenvalue weighted by Gasteiger charge is 2.22. The molecule has 1 nitrogen and oxygen atoms in total. The molecule has 0 aliphatic rings. The lowest BCUT2D eigenvalue weighted by molar-refractivity contribution is 0.670. The van der Waals surface area contributed by atoms with Gasteiger partial charge in [0, 0.05) is 16.3 Å². The van der Waals surface area contributed by atoms with E-state index in [1.54, 1.807) is 0 Å². The van der Waals surface area contributed by atoms with Gasteiger partial charge in [-0.15, -0.1) is 16.4 Å². The predicted molar refractivity (Wildman–Crippen MR) is 206 cm³/mol. The van der Waals surface area contributed by atoms with E-state index in [2.05, 4.69) is 154 Å².